The highest BCUT2D eigenvalue weighted by molar-refractivity contribution is 7.10. The Morgan fingerprint density at radius 3 is 3.06 bits per heavy atom. The third kappa shape index (κ3) is 2.52. The van der Waals surface area contributed by atoms with Crippen molar-refractivity contribution in [3.05, 3.63) is 41.2 Å². The first-order valence-electron chi connectivity index (χ1n) is 4.84. The predicted octanol–water partition coefficient (Wildman–Crippen LogP) is 2.35. The molecule has 0 saturated carbocycles. The summed E-state index contributed by atoms with van der Waals surface area (Å²) in [7, 11) is 0. The molecule has 0 radical (unpaired) electrons. The van der Waals surface area contributed by atoms with Gasteiger partial charge in [0.25, 0.3) is 0 Å². The first-order valence-corrected chi connectivity index (χ1v) is 5.61. The van der Waals surface area contributed by atoms with Crippen molar-refractivity contribution in [3.8, 4) is 6.07 Å². The maximum Gasteiger partial charge on any atom is 0.157 e. The molecule has 6 heteroatoms. The third-order valence-electron chi connectivity index (χ3n) is 2.17. The normalized spacial score (nSPS) is 9.88. The average molecular weight is 248 g/mol. The summed E-state index contributed by atoms with van der Waals surface area (Å²) in [6, 6.07) is 8.23. The molecule has 1 aromatic carbocycles. The highest BCUT2D eigenvalue weighted by atomic mass is 32.1. The smallest absolute Gasteiger partial charge is 0.157 e. The summed E-state index contributed by atoms with van der Waals surface area (Å²) in [6.07, 6.45) is 0. The number of benzene rings is 1. The molecule has 0 unspecified atom stereocenters. The van der Waals surface area contributed by atoms with Crippen LogP contribution in [0.4, 0.5) is 15.2 Å². The largest absolute Gasteiger partial charge is 0.382 e. The standard InChI is InChI=1S/C11H9FN4S/c12-8-3-1-2-7(4-8)6-15-11-9(5-13)10(14)16-17-11/h1-4,15H,6H2,(H2,14,16). The lowest BCUT2D eigenvalue weighted by Gasteiger charge is -2.03. The third-order valence-corrected chi connectivity index (χ3v) is 2.99. The molecular formula is C11H9FN4S. The number of nitrogen functional groups attached to an aromatic ring is 1. The Balaban J connectivity index is 2.10. The maximum absolute atomic E-state index is 12.9. The monoisotopic (exact) mass is 248 g/mol. The van der Waals surface area contributed by atoms with E-state index in [9.17, 15) is 4.39 Å². The van der Waals surface area contributed by atoms with Crippen molar-refractivity contribution in [2.75, 3.05) is 11.1 Å². The molecule has 3 N–H and O–H groups in total. The van der Waals surface area contributed by atoms with E-state index >= 15 is 0 Å². The van der Waals surface area contributed by atoms with Gasteiger partial charge in [-0.15, -0.1) is 0 Å². The SMILES string of the molecule is N#Cc1c(N)nsc1NCc1cccc(F)c1. The van der Waals surface area contributed by atoms with Crippen LogP contribution in [-0.2, 0) is 6.54 Å². The van der Waals surface area contributed by atoms with Crippen LogP contribution in [0.5, 0.6) is 0 Å². The van der Waals surface area contributed by atoms with E-state index in [2.05, 4.69) is 9.69 Å². The zero-order valence-electron chi connectivity index (χ0n) is 8.77. The van der Waals surface area contributed by atoms with Crippen molar-refractivity contribution in [3.63, 3.8) is 0 Å². The molecule has 0 aliphatic carbocycles. The van der Waals surface area contributed by atoms with Gasteiger partial charge in [0.15, 0.2) is 5.82 Å². The fourth-order valence-corrected chi connectivity index (χ4v) is 2.02. The Bertz CT molecular complexity index is 573. The second-order valence-corrected chi connectivity index (χ2v) is 4.14. The van der Waals surface area contributed by atoms with Crippen LogP contribution in [-0.4, -0.2) is 4.37 Å². The molecule has 0 aliphatic heterocycles. The summed E-state index contributed by atoms with van der Waals surface area (Å²) < 4.78 is 16.8. The van der Waals surface area contributed by atoms with Crippen LogP contribution in [0.3, 0.4) is 0 Å². The second kappa shape index (κ2) is 4.80. The summed E-state index contributed by atoms with van der Waals surface area (Å²) in [5.41, 5.74) is 6.65. The second-order valence-electron chi connectivity index (χ2n) is 3.37. The lowest BCUT2D eigenvalue weighted by molar-refractivity contribution is 0.626. The van der Waals surface area contributed by atoms with Crippen molar-refractivity contribution in [1.29, 1.82) is 5.26 Å². The van der Waals surface area contributed by atoms with Gasteiger partial charge in [-0.2, -0.15) is 9.64 Å². The molecule has 17 heavy (non-hydrogen) atoms. The number of nitrogens with two attached hydrogens (primary N) is 1. The van der Waals surface area contributed by atoms with Gasteiger partial charge in [0.05, 0.1) is 0 Å². The molecule has 0 spiro atoms. The summed E-state index contributed by atoms with van der Waals surface area (Å²) >= 11 is 1.12. The van der Waals surface area contributed by atoms with Crippen molar-refractivity contribution >= 4 is 22.4 Å². The number of anilines is 2. The number of hydrogen-bond donors (Lipinski definition) is 2. The number of nitrogens with one attached hydrogen (secondary N) is 1. The Morgan fingerprint density at radius 1 is 1.53 bits per heavy atom. The molecule has 86 valence electrons. The van der Waals surface area contributed by atoms with E-state index in [-0.39, 0.29) is 11.6 Å². The van der Waals surface area contributed by atoms with Crippen molar-refractivity contribution in [2.24, 2.45) is 0 Å². The molecule has 1 heterocycles. The Morgan fingerprint density at radius 2 is 2.35 bits per heavy atom. The molecule has 4 nitrogen and oxygen atoms in total. The maximum atomic E-state index is 12.9. The Kier molecular flexibility index (Phi) is 3.21. The molecule has 0 atom stereocenters. The zero-order valence-corrected chi connectivity index (χ0v) is 9.59. The lowest BCUT2D eigenvalue weighted by atomic mass is 10.2. The van der Waals surface area contributed by atoms with Crippen molar-refractivity contribution in [1.82, 2.24) is 4.37 Å². The summed E-state index contributed by atoms with van der Waals surface area (Å²) in [5, 5.41) is 12.5. The molecule has 2 aromatic rings. The van der Waals surface area contributed by atoms with E-state index in [4.69, 9.17) is 11.0 Å². The number of aromatic nitrogens is 1. The highest BCUT2D eigenvalue weighted by Gasteiger charge is 2.10. The number of hydrogen-bond acceptors (Lipinski definition) is 5. The Hall–Kier alpha value is -2.13. The molecule has 0 saturated heterocycles. The molecule has 0 amide bonds. The van der Waals surface area contributed by atoms with E-state index in [1.54, 1.807) is 12.1 Å². The van der Waals surface area contributed by atoms with Gasteiger partial charge in [-0.25, -0.2) is 4.39 Å². The van der Waals surface area contributed by atoms with Crippen LogP contribution < -0.4 is 11.1 Å². The summed E-state index contributed by atoms with van der Waals surface area (Å²) in [5.74, 6) is -0.0622. The minimum absolute atomic E-state index is 0.222. The minimum atomic E-state index is -0.284. The topological polar surface area (TPSA) is 74.7 Å². The minimum Gasteiger partial charge on any atom is -0.382 e. The fourth-order valence-electron chi connectivity index (χ4n) is 1.36. The van der Waals surface area contributed by atoms with Gasteiger partial charge < -0.3 is 11.1 Å². The van der Waals surface area contributed by atoms with E-state index in [1.165, 1.54) is 12.1 Å². The number of halogens is 1. The summed E-state index contributed by atoms with van der Waals surface area (Å²) in [4.78, 5) is 0. The molecule has 0 bridgehead atoms. The lowest BCUT2D eigenvalue weighted by Crippen LogP contribution is -2.00. The molecule has 1 aromatic heterocycles. The molecule has 0 fully saturated rings. The van der Waals surface area contributed by atoms with Crippen LogP contribution in [0.2, 0.25) is 0 Å². The first kappa shape index (κ1) is 11.4. The predicted molar refractivity (Wildman–Crippen MR) is 65.0 cm³/mol. The molecule has 2 rings (SSSR count). The summed E-state index contributed by atoms with van der Waals surface area (Å²) in [6.45, 7) is 0.425. The van der Waals surface area contributed by atoms with Gasteiger partial charge in [-0.1, -0.05) is 12.1 Å². The van der Waals surface area contributed by atoms with Gasteiger partial charge in [-0.3, -0.25) is 0 Å². The number of rotatable bonds is 3. The zero-order chi connectivity index (χ0) is 12.3. The van der Waals surface area contributed by atoms with Crippen LogP contribution in [0.15, 0.2) is 24.3 Å². The van der Waals surface area contributed by atoms with E-state index in [1.807, 2.05) is 6.07 Å². The van der Waals surface area contributed by atoms with E-state index in [0.717, 1.165) is 17.1 Å². The molecular weight excluding hydrogens is 239 g/mol. The van der Waals surface area contributed by atoms with Gasteiger partial charge >= 0.3 is 0 Å². The number of nitriles is 1. The van der Waals surface area contributed by atoms with Crippen LogP contribution in [0.25, 0.3) is 0 Å². The average Bonchev–Trinajstić information content (AvgIpc) is 2.67. The van der Waals surface area contributed by atoms with Gasteiger partial charge in [0, 0.05) is 6.54 Å². The number of nitrogens with zero attached hydrogens (tertiary/aromatic N) is 2. The quantitative estimate of drug-likeness (QED) is 0.874. The van der Waals surface area contributed by atoms with E-state index < -0.39 is 0 Å². The first-order chi connectivity index (χ1) is 8.20. The van der Waals surface area contributed by atoms with Gasteiger partial charge in [0.1, 0.15) is 22.5 Å². The van der Waals surface area contributed by atoms with Gasteiger partial charge in [0.2, 0.25) is 0 Å². The Labute approximate surface area is 102 Å². The highest BCUT2D eigenvalue weighted by Crippen LogP contribution is 2.26. The molecule has 0 aliphatic rings. The van der Waals surface area contributed by atoms with Gasteiger partial charge in [-0.05, 0) is 29.2 Å². The van der Waals surface area contributed by atoms with E-state index in [0.29, 0.717) is 17.1 Å². The fraction of sp³-hybridized carbons (Fsp3) is 0.0909. The van der Waals surface area contributed by atoms with Crippen LogP contribution in [0.1, 0.15) is 11.1 Å². The van der Waals surface area contributed by atoms with Crippen molar-refractivity contribution < 1.29 is 4.39 Å². The van der Waals surface area contributed by atoms with Crippen LogP contribution in [0, 0.1) is 17.1 Å². The van der Waals surface area contributed by atoms with Crippen LogP contribution >= 0.6 is 11.5 Å². The van der Waals surface area contributed by atoms with Crippen molar-refractivity contribution in [2.45, 2.75) is 6.54 Å².